The Morgan fingerprint density at radius 2 is 0.673 bits per heavy atom. The summed E-state index contributed by atoms with van der Waals surface area (Å²) in [5, 5.41) is 21.5. The first-order valence-corrected chi connectivity index (χ1v) is 42.7. The minimum Gasteiger partial charge on any atom is -0.400 e. The molecule has 5 aliphatic heterocycles. The van der Waals surface area contributed by atoms with Gasteiger partial charge >= 0.3 is 0 Å². The van der Waals surface area contributed by atoms with Crippen molar-refractivity contribution in [1.82, 2.24) is 45.8 Å². The molecule has 3 aromatic rings. The predicted octanol–water partition coefficient (Wildman–Crippen LogP) is 13.6. The van der Waals surface area contributed by atoms with Crippen LogP contribution in [0.15, 0.2) is 72.8 Å². The van der Waals surface area contributed by atoms with E-state index in [0.29, 0.717) is 104 Å². The highest BCUT2D eigenvalue weighted by atomic mass is 35.5. The van der Waals surface area contributed by atoms with Crippen LogP contribution in [0.25, 0.3) is 0 Å². The third-order valence-corrected chi connectivity index (χ3v) is 27.7. The van der Waals surface area contributed by atoms with Gasteiger partial charge in [-0.3, -0.25) is 53.0 Å². The van der Waals surface area contributed by atoms with Gasteiger partial charge in [0.2, 0.25) is 35.4 Å². The fourth-order valence-electron chi connectivity index (χ4n) is 20.0. The molecule has 4 saturated carbocycles. The van der Waals surface area contributed by atoms with Gasteiger partial charge in [-0.25, -0.2) is 0 Å². The molecule has 6 amide bonds. The van der Waals surface area contributed by atoms with E-state index in [-0.39, 0.29) is 88.7 Å². The van der Waals surface area contributed by atoms with Gasteiger partial charge in [-0.05, 0) is 215 Å². The first-order chi connectivity index (χ1) is 52.5. The topological polar surface area (TPSA) is 238 Å². The maximum absolute atomic E-state index is 13.8. The molecule has 5 heterocycles. The molecule has 5 N–H and O–H groups in total. The third-order valence-electron chi connectivity index (χ3n) is 26.9. The van der Waals surface area contributed by atoms with E-state index in [4.69, 9.17) is 39.9 Å². The Morgan fingerprint density at radius 3 is 0.973 bits per heavy atom. The first kappa shape index (κ1) is 89.7. The standard InChI is InChI=1S/C29H42ClN3O3.C29H41ClN2O3.C28H41ClN4O3.CH4O.CH4/c1-21(34)29(23-8-4-3-5-9-23)15-18-33(19-16-29)28(36)25(20-22-11-13-24(30)14-12-22)31-27(35)26-10-6-7-17-32(26)2;1-21(33)29(24-10-6-3-7-11-24)16-18-32(19-17-29)28(35)26(20-22-12-14-25(30)15-13-22)31-27(34)23-8-4-2-5-9-23;1-20(34)28(22-6-4-3-5-7-22)12-15-33(16-13-28)27(36)24(18-21-8-10-23(29)11-9-21)31-26(35)25-19-30-14-17-32(25)2;1-2;/h11-14,23,25-26H,3-10,15-20H2,1-2H3,(H,31,35);12-15,23-24,26H,2-11,16-20H2,1H3,(H,31,34);8-11,22,24-25,30H,3-7,12-19H2,1-2H3,(H,31,35);2H,1H3;1H4/t25-,26+;26-;24-,25+;;/m111../s1. The lowest BCUT2D eigenvalue weighted by Gasteiger charge is -2.47. The number of halogens is 3. The van der Waals surface area contributed by atoms with Gasteiger partial charge in [0.25, 0.3) is 0 Å². The second kappa shape index (κ2) is 43.6. The lowest BCUT2D eigenvalue weighted by atomic mass is 9.62. The molecule has 0 radical (unpaired) electrons. The summed E-state index contributed by atoms with van der Waals surface area (Å²) in [6, 6.07) is 20.0. The highest BCUT2D eigenvalue weighted by Gasteiger charge is 2.50. The Labute approximate surface area is 672 Å². The Kier molecular flexibility index (Phi) is 35.6. The van der Waals surface area contributed by atoms with Crippen LogP contribution in [0.4, 0.5) is 0 Å². The number of Topliss-reactive ketones (excluding diaryl/α,β-unsaturated/α-hetero) is 3. The molecule has 3 aromatic carbocycles. The number of piperidine rings is 4. The van der Waals surface area contributed by atoms with Crippen molar-refractivity contribution < 1.29 is 48.3 Å². The van der Waals surface area contributed by atoms with Crippen molar-refractivity contribution in [2.24, 2.45) is 39.9 Å². The first-order valence-electron chi connectivity index (χ1n) is 41.6. The molecule has 22 heteroatoms. The Morgan fingerprint density at radius 1 is 0.391 bits per heavy atom. The van der Waals surface area contributed by atoms with E-state index >= 15 is 0 Å². The molecule has 5 atom stereocenters. The molecule has 0 bridgehead atoms. The lowest BCUT2D eigenvalue weighted by molar-refractivity contribution is -0.144. The number of amides is 6. The third kappa shape index (κ3) is 23.7. The van der Waals surface area contributed by atoms with Crippen LogP contribution in [0.5, 0.6) is 0 Å². The van der Waals surface area contributed by atoms with Gasteiger partial charge in [0.05, 0.1) is 6.04 Å². The maximum Gasteiger partial charge on any atom is 0.245 e. The maximum atomic E-state index is 13.8. The number of carbonyl (C=O) groups is 9. The number of ketones is 3. The summed E-state index contributed by atoms with van der Waals surface area (Å²) in [5.41, 5.74) is 2.01. The van der Waals surface area contributed by atoms with Crippen LogP contribution in [0.2, 0.25) is 15.1 Å². The number of rotatable bonds is 21. The van der Waals surface area contributed by atoms with Crippen molar-refractivity contribution in [1.29, 1.82) is 0 Å². The Balaban J connectivity index is 0.000000204. The number of hydrogen-bond acceptors (Lipinski definition) is 13. The molecule has 4 aliphatic carbocycles. The van der Waals surface area contributed by atoms with E-state index < -0.39 is 18.1 Å². The van der Waals surface area contributed by atoms with Crippen molar-refractivity contribution in [2.45, 2.75) is 264 Å². The summed E-state index contributed by atoms with van der Waals surface area (Å²) in [4.78, 5) is 129. The average molecular weight is 1580 g/mol. The number of aliphatic hydroxyl groups is 1. The summed E-state index contributed by atoms with van der Waals surface area (Å²) in [7, 11) is 4.93. The molecule has 5 saturated heterocycles. The number of carbonyl (C=O) groups excluding carboxylic acids is 9. The summed E-state index contributed by atoms with van der Waals surface area (Å²) in [6.07, 6.45) is 31.5. The summed E-state index contributed by atoms with van der Waals surface area (Å²) < 4.78 is 0. The molecule has 0 spiro atoms. The number of piperazine rings is 1. The van der Waals surface area contributed by atoms with Crippen molar-refractivity contribution in [3.05, 3.63) is 105 Å². The fourth-order valence-corrected chi connectivity index (χ4v) is 20.4. The molecular formula is C88H132Cl3N9O10. The number of nitrogens with zero attached hydrogens (tertiary/aromatic N) is 5. The van der Waals surface area contributed by atoms with Crippen LogP contribution in [0, 0.1) is 39.9 Å². The van der Waals surface area contributed by atoms with E-state index in [9.17, 15) is 43.2 Å². The minimum absolute atomic E-state index is 0. The van der Waals surface area contributed by atoms with Gasteiger partial charge in [-0.15, -0.1) is 0 Å². The van der Waals surface area contributed by atoms with Crippen molar-refractivity contribution in [3.63, 3.8) is 0 Å². The van der Waals surface area contributed by atoms with Crippen molar-refractivity contribution in [3.8, 4) is 0 Å². The van der Waals surface area contributed by atoms with Gasteiger partial charge in [-0.2, -0.15) is 0 Å². The number of likely N-dealkylation sites (tertiary alicyclic amines) is 4. The molecule has 610 valence electrons. The molecular weight excluding hydrogens is 1450 g/mol. The quantitative estimate of drug-likeness (QED) is 0.0668. The normalized spacial score (nSPS) is 23.0. The lowest BCUT2D eigenvalue weighted by Crippen LogP contribution is -2.60. The van der Waals surface area contributed by atoms with E-state index in [2.05, 4.69) is 26.2 Å². The van der Waals surface area contributed by atoms with Crippen LogP contribution >= 0.6 is 34.8 Å². The highest BCUT2D eigenvalue weighted by molar-refractivity contribution is 6.31. The average Bonchev–Trinajstić information content (AvgIpc) is 0.787. The van der Waals surface area contributed by atoms with Crippen molar-refractivity contribution >= 4 is 87.6 Å². The van der Waals surface area contributed by atoms with Crippen LogP contribution < -0.4 is 21.3 Å². The Hall–Kier alpha value is -5.80. The fraction of sp³-hybridized carbons (Fsp3) is 0.693. The van der Waals surface area contributed by atoms with Crippen molar-refractivity contribution in [2.75, 3.05) is 86.7 Å². The second-order valence-corrected chi connectivity index (χ2v) is 34.6. The molecule has 0 unspecified atom stereocenters. The highest BCUT2D eigenvalue weighted by Crippen LogP contribution is 2.50. The molecule has 9 fully saturated rings. The second-order valence-electron chi connectivity index (χ2n) is 33.3. The van der Waals surface area contributed by atoms with E-state index in [1.807, 2.05) is 106 Å². The SMILES string of the molecule is C.CC(=O)C1(C2CCCCC2)CCN(C(=O)[C@@H](Cc2ccc(Cl)cc2)NC(=O)C2CCCCC2)CC1.CC(=O)C1(C2CCCCC2)CCN(C(=O)[C@@H](Cc2ccc(Cl)cc2)NC(=O)[C@@H]2CCCCN2C)CC1.CC(=O)C1(C2CCCCC2)CCN(C(=O)[C@@H](Cc2ccc(Cl)cc2)NC(=O)[C@@H]2CNCCN2C)CC1.CO. The molecule has 0 aromatic heterocycles. The van der Waals surface area contributed by atoms with Gasteiger partial charge in [0.1, 0.15) is 41.5 Å². The summed E-state index contributed by atoms with van der Waals surface area (Å²) in [6.45, 7) is 11.8. The van der Waals surface area contributed by atoms with Crippen LogP contribution in [-0.4, -0.2) is 199 Å². The number of hydrogen-bond donors (Lipinski definition) is 5. The van der Waals surface area contributed by atoms with Crippen LogP contribution in [-0.2, 0) is 62.4 Å². The van der Waals surface area contributed by atoms with E-state index in [1.54, 1.807) is 20.8 Å². The summed E-state index contributed by atoms with van der Waals surface area (Å²) >= 11 is 18.2. The van der Waals surface area contributed by atoms with Gasteiger partial charge in [0, 0.05) is 123 Å². The van der Waals surface area contributed by atoms with Gasteiger partial charge in [0.15, 0.2) is 0 Å². The number of benzene rings is 3. The van der Waals surface area contributed by atoms with E-state index in [0.717, 1.165) is 165 Å². The smallest absolute Gasteiger partial charge is 0.245 e. The zero-order valence-electron chi connectivity index (χ0n) is 66.3. The molecule has 19 nitrogen and oxygen atoms in total. The molecule has 110 heavy (non-hydrogen) atoms. The zero-order valence-corrected chi connectivity index (χ0v) is 68.6. The van der Waals surface area contributed by atoms with Gasteiger partial charge in [-0.1, -0.05) is 162 Å². The molecule has 12 rings (SSSR count). The van der Waals surface area contributed by atoms with E-state index in [1.165, 1.54) is 64.2 Å². The monoisotopic (exact) mass is 1580 g/mol. The summed E-state index contributed by atoms with van der Waals surface area (Å²) in [5.74, 6) is 1.85. The van der Waals surface area contributed by atoms with Crippen LogP contribution in [0.1, 0.15) is 231 Å². The largest absolute Gasteiger partial charge is 0.400 e. The van der Waals surface area contributed by atoms with Gasteiger partial charge < -0.3 is 41.1 Å². The number of aliphatic hydroxyl groups excluding tert-OH is 1. The molecule has 9 aliphatic rings. The number of likely N-dealkylation sites (N-methyl/N-ethyl adjacent to an activating group) is 2. The minimum atomic E-state index is -0.659. The Bertz CT molecular complexity index is 3290. The zero-order chi connectivity index (χ0) is 78.3. The van der Waals surface area contributed by atoms with Crippen LogP contribution in [0.3, 0.4) is 0 Å². The number of nitrogens with one attached hydrogen (secondary N) is 4. The predicted molar refractivity (Wildman–Crippen MR) is 439 cm³/mol.